The predicted molar refractivity (Wildman–Crippen MR) is 23.5 cm³/mol. The Balaban J connectivity index is 2.45. The molecule has 1 heterocycles. The van der Waals surface area contributed by atoms with E-state index in [4.69, 9.17) is 5.11 Å². The first kappa shape index (κ1) is 3.72. The molecule has 0 spiro atoms. The quantitative estimate of drug-likeness (QED) is 0.404. The van der Waals surface area contributed by atoms with Gasteiger partial charge in [-0.15, -0.1) is 0 Å². The molecule has 0 saturated heterocycles. The summed E-state index contributed by atoms with van der Waals surface area (Å²) < 4.78 is 4.57. The molecule has 1 aliphatic heterocycles. The van der Waals surface area contributed by atoms with Crippen molar-refractivity contribution in [2.45, 2.75) is 6.32 Å². The first-order valence-corrected chi connectivity index (χ1v) is 1.91. The van der Waals surface area contributed by atoms with Crippen LogP contribution in [0.4, 0.5) is 0 Å². The molecule has 0 bridgehead atoms. The molecule has 3 heteroatoms. The Labute approximate surface area is 36.6 Å². The molecule has 0 atom stereocenters. The van der Waals surface area contributed by atoms with Crippen molar-refractivity contribution in [1.82, 2.24) is 0 Å². The molecule has 32 valence electrons. The van der Waals surface area contributed by atoms with E-state index in [-0.39, 0.29) is 5.84 Å². The van der Waals surface area contributed by atoms with Crippen molar-refractivity contribution in [2.24, 2.45) is 0 Å². The summed E-state index contributed by atoms with van der Waals surface area (Å²) >= 11 is 0. The van der Waals surface area contributed by atoms with Crippen LogP contribution in [0, 0.1) is 0 Å². The maximum absolute atomic E-state index is 8.37. The Hall–Kier alpha value is -0.465. The fourth-order valence-electron chi connectivity index (χ4n) is 0.405. The van der Waals surface area contributed by atoms with Crippen molar-refractivity contribution in [2.75, 3.05) is 6.61 Å². The Kier molecular flexibility index (Phi) is 0.822. The van der Waals surface area contributed by atoms with Crippen molar-refractivity contribution < 1.29 is 9.84 Å². The van der Waals surface area contributed by atoms with Crippen LogP contribution in [0.5, 0.6) is 0 Å². The van der Waals surface area contributed by atoms with Crippen molar-refractivity contribution in [3.63, 3.8) is 0 Å². The summed E-state index contributed by atoms with van der Waals surface area (Å²) in [5.41, 5.74) is 0. The van der Waals surface area contributed by atoms with Crippen molar-refractivity contribution >= 4 is 12.8 Å². The first-order chi connectivity index (χ1) is 2.89. The average molecular weight is 83.9 g/mol. The Morgan fingerprint density at radius 2 is 2.67 bits per heavy atom. The van der Waals surface area contributed by atoms with E-state index in [2.05, 4.69) is 4.74 Å². The van der Waals surface area contributed by atoms with Gasteiger partial charge in [0.2, 0.25) is 0 Å². The summed E-state index contributed by atoms with van der Waals surface area (Å²) in [7, 11) is 0. The monoisotopic (exact) mass is 84.0 g/mol. The van der Waals surface area contributed by atoms with Crippen molar-refractivity contribution in [3.8, 4) is 0 Å². The SMILES string of the molecule is OC1=BCCO1. The summed E-state index contributed by atoms with van der Waals surface area (Å²) in [6.07, 6.45) is 0.853. The Morgan fingerprint density at radius 3 is 2.83 bits per heavy atom. The van der Waals surface area contributed by atoms with E-state index in [0.29, 0.717) is 6.61 Å². The zero-order valence-corrected chi connectivity index (χ0v) is 3.35. The fourth-order valence-corrected chi connectivity index (χ4v) is 0.405. The van der Waals surface area contributed by atoms with Gasteiger partial charge in [-0.1, -0.05) is 0 Å². The zero-order chi connectivity index (χ0) is 4.41. The topological polar surface area (TPSA) is 29.5 Å². The molecular weight excluding hydrogens is 78.8 g/mol. The van der Waals surface area contributed by atoms with Crippen molar-refractivity contribution in [1.29, 1.82) is 0 Å². The van der Waals surface area contributed by atoms with E-state index in [1.807, 2.05) is 0 Å². The van der Waals surface area contributed by atoms with Gasteiger partial charge in [-0.05, 0) is 0 Å². The number of rotatable bonds is 0. The summed E-state index contributed by atoms with van der Waals surface area (Å²) in [5, 5.41) is 8.37. The van der Waals surface area contributed by atoms with Crippen LogP contribution in [0.25, 0.3) is 0 Å². The number of aliphatic hydroxyl groups is 1. The molecule has 0 unspecified atom stereocenters. The van der Waals surface area contributed by atoms with Crippen LogP contribution in [-0.2, 0) is 4.74 Å². The molecule has 0 radical (unpaired) electrons. The minimum absolute atomic E-state index is 0.0787. The van der Waals surface area contributed by atoms with E-state index < -0.39 is 0 Å². The van der Waals surface area contributed by atoms with Gasteiger partial charge < -0.3 is 0 Å². The van der Waals surface area contributed by atoms with Crippen LogP contribution < -0.4 is 0 Å². The number of ether oxygens (including phenoxy) is 1. The predicted octanol–water partition coefficient (Wildman–Crippen LogP) is -0.401. The van der Waals surface area contributed by atoms with Crippen LogP contribution in [0.1, 0.15) is 0 Å². The molecule has 1 N–H and O–H groups in total. The Bertz CT molecular complexity index is 78.9. The van der Waals surface area contributed by atoms with E-state index in [9.17, 15) is 0 Å². The molecule has 0 aromatic rings. The summed E-state index contributed by atoms with van der Waals surface area (Å²) in [6.45, 7) is 2.30. The molecule has 0 aromatic carbocycles. The van der Waals surface area contributed by atoms with Gasteiger partial charge in [-0.25, -0.2) is 0 Å². The van der Waals surface area contributed by atoms with Gasteiger partial charge in [0, 0.05) is 0 Å². The molecular formula is C3H5BO2. The third kappa shape index (κ3) is 0.532. The molecule has 0 fully saturated rings. The zero-order valence-electron chi connectivity index (χ0n) is 3.35. The molecule has 1 rings (SSSR count). The summed E-state index contributed by atoms with van der Waals surface area (Å²) in [4.78, 5) is 0. The van der Waals surface area contributed by atoms with Crippen molar-refractivity contribution in [3.05, 3.63) is 0 Å². The van der Waals surface area contributed by atoms with Gasteiger partial charge in [0.15, 0.2) is 0 Å². The van der Waals surface area contributed by atoms with Crippen LogP contribution in [0.15, 0.2) is 0 Å². The second kappa shape index (κ2) is 1.33. The molecule has 2 nitrogen and oxygen atoms in total. The average Bonchev–Trinajstić information content (AvgIpc) is 1.86. The third-order valence-corrected chi connectivity index (χ3v) is 0.687. The van der Waals surface area contributed by atoms with Crippen LogP contribution in [0.2, 0.25) is 6.32 Å². The summed E-state index contributed by atoms with van der Waals surface area (Å²) in [5.74, 6) is 0.0787. The molecule has 0 aromatic heterocycles. The molecule has 0 saturated carbocycles. The normalized spacial score (nSPS) is 18.3. The number of aliphatic hydroxyl groups excluding tert-OH is 1. The van der Waals surface area contributed by atoms with E-state index >= 15 is 0 Å². The van der Waals surface area contributed by atoms with Gasteiger partial charge in [-0.3, -0.25) is 0 Å². The van der Waals surface area contributed by atoms with Gasteiger partial charge in [-0.2, -0.15) is 0 Å². The molecule has 0 amide bonds. The molecule has 0 aliphatic carbocycles. The molecule has 6 heavy (non-hydrogen) atoms. The van der Waals surface area contributed by atoms with Gasteiger partial charge >= 0.3 is 35.5 Å². The Morgan fingerprint density at radius 1 is 1.83 bits per heavy atom. The van der Waals surface area contributed by atoms with E-state index in [1.165, 1.54) is 0 Å². The van der Waals surface area contributed by atoms with E-state index in [0.717, 1.165) is 6.32 Å². The van der Waals surface area contributed by atoms with Gasteiger partial charge in [0.05, 0.1) is 0 Å². The minimum atomic E-state index is 0.0787. The second-order valence-electron chi connectivity index (χ2n) is 1.18. The van der Waals surface area contributed by atoms with Gasteiger partial charge in [0.25, 0.3) is 0 Å². The number of hydrogen-bond donors (Lipinski definition) is 1. The fraction of sp³-hybridized carbons (Fsp3) is 0.667. The molecule has 1 aliphatic rings. The van der Waals surface area contributed by atoms with Crippen LogP contribution in [-0.4, -0.2) is 24.5 Å². The van der Waals surface area contributed by atoms with Crippen LogP contribution >= 0.6 is 0 Å². The van der Waals surface area contributed by atoms with Crippen LogP contribution in [0.3, 0.4) is 0 Å². The standard InChI is InChI=1S/C3H5BO2/c5-3-4-1-2-6-3/h5H,1-2H2. The number of hydrogen-bond acceptors (Lipinski definition) is 2. The third-order valence-electron chi connectivity index (χ3n) is 0.687. The first-order valence-electron chi connectivity index (χ1n) is 1.91. The van der Waals surface area contributed by atoms with Gasteiger partial charge in [0.1, 0.15) is 0 Å². The summed E-state index contributed by atoms with van der Waals surface area (Å²) in [6, 6.07) is 0. The van der Waals surface area contributed by atoms with E-state index in [1.54, 1.807) is 6.92 Å². The second-order valence-corrected chi connectivity index (χ2v) is 1.18. The maximum atomic E-state index is 8.37.